The monoisotopic (exact) mass is 218 g/mol. The Hall–Kier alpha value is -1.90. The first-order valence-electron chi connectivity index (χ1n) is 5.10. The molecule has 0 unspecified atom stereocenters. The van der Waals surface area contributed by atoms with Crippen molar-refractivity contribution < 1.29 is 13.6 Å². The van der Waals surface area contributed by atoms with Crippen molar-refractivity contribution in [2.45, 2.75) is 13.3 Å². The molecule has 0 bridgehead atoms. The van der Waals surface area contributed by atoms with Crippen molar-refractivity contribution in [3.05, 3.63) is 48.0 Å². The first kappa shape index (κ1) is 10.6. The molecule has 0 N–H and O–H groups in total. The largest absolute Gasteiger partial charge is 0.453 e. The second kappa shape index (κ2) is 4.31. The van der Waals surface area contributed by atoms with Gasteiger partial charge >= 0.3 is 0 Å². The molecule has 0 spiro atoms. The Kier molecular flexibility index (Phi) is 2.86. The molecule has 82 valence electrons. The Morgan fingerprint density at radius 2 is 2.00 bits per heavy atom. The summed E-state index contributed by atoms with van der Waals surface area (Å²) in [6.45, 7) is 1.76. The summed E-state index contributed by atoms with van der Waals surface area (Å²) >= 11 is 0. The van der Waals surface area contributed by atoms with Crippen molar-refractivity contribution in [3.8, 4) is 11.3 Å². The number of hydrogen-bond acceptors (Lipinski definition) is 2. The smallest absolute Gasteiger partial charge is 0.197 e. The van der Waals surface area contributed by atoms with E-state index in [2.05, 4.69) is 0 Å². The van der Waals surface area contributed by atoms with Gasteiger partial charge in [0.05, 0.1) is 5.56 Å². The van der Waals surface area contributed by atoms with Gasteiger partial charge in [-0.05, 0) is 24.3 Å². The van der Waals surface area contributed by atoms with Crippen LogP contribution in [-0.4, -0.2) is 5.78 Å². The fraction of sp³-hybridized carbons (Fsp3) is 0.154. The number of carbonyl (C=O) groups is 1. The normalized spacial score (nSPS) is 10.4. The van der Waals surface area contributed by atoms with E-state index >= 15 is 0 Å². The molecule has 3 heteroatoms. The fourth-order valence-electron chi connectivity index (χ4n) is 1.47. The lowest BCUT2D eigenvalue weighted by molar-refractivity contribution is 0.0962. The number of ketones is 1. The second-order valence-corrected chi connectivity index (χ2v) is 3.42. The lowest BCUT2D eigenvalue weighted by Gasteiger charge is -1.98. The minimum absolute atomic E-state index is 0.0809. The van der Waals surface area contributed by atoms with Gasteiger partial charge in [-0.25, -0.2) is 4.39 Å². The zero-order chi connectivity index (χ0) is 11.5. The Bertz CT molecular complexity index is 514. The number of benzene rings is 1. The van der Waals surface area contributed by atoms with Crippen molar-refractivity contribution in [2.24, 2.45) is 0 Å². The van der Waals surface area contributed by atoms with Crippen LogP contribution in [0.1, 0.15) is 23.9 Å². The minimum atomic E-state index is -0.354. The summed E-state index contributed by atoms with van der Waals surface area (Å²) in [6.07, 6.45) is 0.379. The lowest BCUT2D eigenvalue weighted by Crippen LogP contribution is -1.92. The van der Waals surface area contributed by atoms with E-state index < -0.39 is 0 Å². The zero-order valence-corrected chi connectivity index (χ0v) is 8.87. The molecule has 1 aromatic carbocycles. The molecule has 0 atom stereocenters. The average Bonchev–Trinajstić information content (AvgIpc) is 2.78. The molecular weight excluding hydrogens is 207 g/mol. The summed E-state index contributed by atoms with van der Waals surface area (Å²) < 4.78 is 18.7. The van der Waals surface area contributed by atoms with E-state index in [1.54, 1.807) is 37.3 Å². The highest BCUT2D eigenvalue weighted by Gasteiger charge is 2.12. The number of hydrogen-bond donors (Lipinski definition) is 0. The van der Waals surface area contributed by atoms with E-state index in [-0.39, 0.29) is 17.4 Å². The molecule has 0 amide bonds. The number of furan rings is 1. The third kappa shape index (κ3) is 1.89. The molecule has 1 aromatic heterocycles. The van der Waals surface area contributed by atoms with E-state index in [9.17, 15) is 9.18 Å². The van der Waals surface area contributed by atoms with Gasteiger partial charge in [-0.3, -0.25) is 4.79 Å². The van der Waals surface area contributed by atoms with Crippen LogP contribution in [0.4, 0.5) is 4.39 Å². The number of rotatable bonds is 3. The third-order valence-electron chi connectivity index (χ3n) is 2.34. The third-order valence-corrected chi connectivity index (χ3v) is 2.34. The molecule has 0 saturated carbocycles. The standard InChI is InChI=1S/C13H11FO2/c1-2-11(15)13-8-7-12(16-13)9-5-3-4-6-10(9)14/h3-8H,2H2,1H3. The number of halogens is 1. The molecule has 2 aromatic rings. The predicted molar refractivity (Wildman–Crippen MR) is 58.7 cm³/mol. The first-order chi connectivity index (χ1) is 7.72. The fourth-order valence-corrected chi connectivity index (χ4v) is 1.47. The molecule has 0 radical (unpaired) electrons. The van der Waals surface area contributed by atoms with E-state index in [4.69, 9.17) is 4.42 Å². The molecule has 0 aliphatic carbocycles. The van der Waals surface area contributed by atoms with Gasteiger partial charge in [0.1, 0.15) is 11.6 Å². The maximum Gasteiger partial charge on any atom is 0.197 e. The van der Waals surface area contributed by atoms with Gasteiger partial charge < -0.3 is 4.42 Å². The van der Waals surface area contributed by atoms with Crippen molar-refractivity contribution in [1.29, 1.82) is 0 Å². The molecule has 0 saturated heterocycles. The van der Waals surface area contributed by atoms with E-state index in [1.165, 1.54) is 6.07 Å². The molecule has 1 heterocycles. The molecular formula is C13H11FO2. The Morgan fingerprint density at radius 1 is 1.25 bits per heavy atom. The van der Waals surface area contributed by atoms with Gasteiger partial charge in [-0.2, -0.15) is 0 Å². The Labute approximate surface area is 92.7 Å². The number of carbonyl (C=O) groups excluding carboxylic acids is 1. The van der Waals surface area contributed by atoms with Gasteiger partial charge in [-0.15, -0.1) is 0 Å². The van der Waals surface area contributed by atoms with Crippen LogP contribution in [0.15, 0.2) is 40.8 Å². The molecule has 0 aliphatic heterocycles. The van der Waals surface area contributed by atoms with Crippen molar-refractivity contribution in [2.75, 3.05) is 0 Å². The Balaban J connectivity index is 2.39. The SMILES string of the molecule is CCC(=O)c1ccc(-c2ccccc2F)o1. The van der Waals surface area contributed by atoms with Crippen LogP contribution in [0, 0.1) is 5.82 Å². The van der Waals surface area contributed by atoms with Gasteiger partial charge in [0.15, 0.2) is 11.5 Å². The minimum Gasteiger partial charge on any atom is -0.453 e. The predicted octanol–water partition coefficient (Wildman–Crippen LogP) is 3.68. The summed E-state index contributed by atoms with van der Waals surface area (Å²) in [5, 5.41) is 0. The molecule has 0 fully saturated rings. The molecule has 16 heavy (non-hydrogen) atoms. The van der Waals surface area contributed by atoms with Crippen molar-refractivity contribution >= 4 is 5.78 Å². The quantitative estimate of drug-likeness (QED) is 0.735. The van der Waals surface area contributed by atoms with Crippen molar-refractivity contribution in [3.63, 3.8) is 0 Å². The molecule has 2 rings (SSSR count). The van der Waals surface area contributed by atoms with E-state index in [1.807, 2.05) is 0 Å². The van der Waals surface area contributed by atoms with Crippen LogP contribution in [0.25, 0.3) is 11.3 Å². The van der Waals surface area contributed by atoms with E-state index in [0.29, 0.717) is 17.7 Å². The highest BCUT2D eigenvalue weighted by atomic mass is 19.1. The Morgan fingerprint density at radius 3 is 2.69 bits per heavy atom. The van der Waals surface area contributed by atoms with Crippen LogP contribution in [0.5, 0.6) is 0 Å². The molecule has 2 nitrogen and oxygen atoms in total. The summed E-state index contributed by atoms with van der Waals surface area (Å²) in [5.74, 6) is 0.227. The van der Waals surface area contributed by atoms with Gasteiger partial charge in [0.2, 0.25) is 0 Å². The summed E-state index contributed by atoms with van der Waals surface area (Å²) in [7, 11) is 0. The maximum atomic E-state index is 13.4. The van der Waals surface area contributed by atoms with Gasteiger partial charge in [0, 0.05) is 6.42 Å². The average molecular weight is 218 g/mol. The second-order valence-electron chi connectivity index (χ2n) is 3.42. The lowest BCUT2D eigenvalue weighted by atomic mass is 10.1. The summed E-state index contributed by atoms with van der Waals surface area (Å²) in [6, 6.07) is 9.50. The van der Waals surface area contributed by atoms with E-state index in [0.717, 1.165) is 0 Å². The van der Waals surface area contributed by atoms with Crippen LogP contribution in [0.3, 0.4) is 0 Å². The summed E-state index contributed by atoms with van der Waals surface area (Å²) in [4.78, 5) is 11.4. The van der Waals surface area contributed by atoms with Crippen LogP contribution < -0.4 is 0 Å². The van der Waals surface area contributed by atoms with Crippen LogP contribution >= 0.6 is 0 Å². The van der Waals surface area contributed by atoms with Crippen LogP contribution in [0.2, 0.25) is 0 Å². The van der Waals surface area contributed by atoms with Crippen LogP contribution in [-0.2, 0) is 0 Å². The molecule has 0 aliphatic rings. The highest BCUT2D eigenvalue weighted by molar-refractivity contribution is 5.93. The van der Waals surface area contributed by atoms with Crippen molar-refractivity contribution in [1.82, 2.24) is 0 Å². The topological polar surface area (TPSA) is 30.2 Å². The van der Waals surface area contributed by atoms with Gasteiger partial charge in [0.25, 0.3) is 0 Å². The van der Waals surface area contributed by atoms with Gasteiger partial charge in [-0.1, -0.05) is 19.1 Å². The summed E-state index contributed by atoms with van der Waals surface area (Å²) in [5.41, 5.74) is 0.373. The first-order valence-corrected chi connectivity index (χ1v) is 5.10. The highest BCUT2D eigenvalue weighted by Crippen LogP contribution is 2.25. The number of Topliss-reactive ketones (excluding diaryl/α,β-unsaturated/α-hetero) is 1. The maximum absolute atomic E-state index is 13.4. The zero-order valence-electron chi connectivity index (χ0n) is 8.87.